The molecule has 17 heavy (non-hydrogen) atoms. The van der Waals surface area contributed by atoms with Crippen LogP contribution in [0.5, 0.6) is 0 Å². The molecule has 0 aromatic carbocycles. The van der Waals surface area contributed by atoms with Crippen LogP contribution in [0.2, 0.25) is 0 Å². The first-order valence-electron chi connectivity index (χ1n) is 6.40. The monoisotopic (exact) mass is 251 g/mol. The zero-order valence-corrected chi connectivity index (χ0v) is 9.92. The summed E-state index contributed by atoms with van der Waals surface area (Å²) in [6, 6.07) is 0. The van der Waals surface area contributed by atoms with Crippen LogP contribution in [0.25, 0.3) is 0 Å². The van der Waals surface area contributed by atoms with Gasteiger partial charge in [0.25, 0.3) is 0 Å². The first-order valence-corrected chi connectivity index (χ1v) is 6.40. The maximum Gasteiger partial charge on any atom is 0.392 e. The molecule has 0 amide bonds. The first kappa shape index (κ1) is 13.1. The summed E-state index contributed by atoms with van der Waals surface area (Å²) in [5.74, 6) is -1.06. The fourth-order valence-electron chi connectivity index (χ4n) is 3.13. The molecule has 1 saturated heterocycles. The van der Waals surface area contributed by atoms with Gasteiger partial charge in [-0.25, -0.2) is 0 Å². The second-order valence-electron chi connectivity index (χ2n) is 5.46. The van der Waals surface area contributed by atoms with Crippen molar-refractivity contribution in [3.05, 3.63) is 0 Å². The van der Waals surface area contributed by atoms with Crippen LogP contribution in [0.1, 0.15) is 25.7 Å². The van der Waals surface area contributed by atoms with Crippen molar-refractivity contribution in [3.8, 4) is 0 Å². The molecule has 0 aromatic rings. The average Bonchev–Trinajstić information content (AvgIpc) is 2.22. The van der Waals surface area contributed by atoms with Gasteiger partial charge in [0, 0.05) is 32.2 Å². The molecule has 1 saturated carbocycles. The van der Waals surface area contributed by atoms with Crippen molar-refractivity contribution in [2.75, 3.05) is 26.2 Å². The molecule has 0 bridgehead atoms. The van der Waals surface area contributed by atoms with E-state index in [9.17, 15) is 13.2 Å². The average molecular weight is 251 g/mol. The van der Waals surface area contributed by atoms with E-state index in [1.54, 1.807) is 0 Å². The highest BCUT2D eigenvalue weighted by Crippen LogP contribution is 2.42. The number of nitrogens with zero attached hydrogens (tertiary/aromatic N) is 1. The molecule has 1 heterocycles. The lowest BCUT2D eigenvalue weighted by Gasteiger charge is -2.43. The van der Waals surface area contributed by atoms with Crippen LogP contribution < -0.4 is 0 Å². The van der Waals surface area contributed by atoms with E-state index in [1.165, 1.54) is 0 Å². The Bertz CT molecular complexity index is 251. The Hall–Kier alpha value is -0.290. The van der Waals surface area contributed by atoms with Crippen molar-refractivity contribution in [3.63, 3.8) is 0 Å². The smallest absolute Gasteiger partial charge is 0.392 e. The van der Waals surface area contributed by atoms with E-state index in [2.05, 4.69) is 4.90 Å². The molecule has 0 aromatic heterocycles. The van der Waals surface area contributed by atoms with Gasteiger partial charge < -0.3 is 10.0 Å². The highest BCUT2D eigenvalue weighted by Gasteiger charge is 2.46. The second-order valence-corrected chi connectivity index (χ2v) is 5.46. The summed E-state index contributed by atoms with van der Waals surface area (Å²) in [6.07, 6.45) is -1.41. The Kier molecular flexibility index (Phi) is 3.98. The maximum atomic E-state index is 12.8. The molecule has 1 aliphatic heterocycles. The number of aliphatic hydroxyl groups excluding tert-OH is 1. The molecule has 2 rings (SSSR count). The number of hydrogen-bond donors (Lipinski definition) is 1. The van der Waals surface area contributed by atoms with E-state index >= 15 is 0 Å². The van der Waals surface area contributed by atoms with E-state index in [-0.39, 0.29) is 18.4 Å². The van der Waals surface area contributed by atoms with Gasteiger partial charge in [-0.3, -0.25) is 0 Å². The summed E-state index contributed by atoms with van der Waals surface area (Å²) in [6.45, 7) is 2.24. The van der Waals surface area contributed by atoms with Gasteiger partial charge in [0.2, 0.25) is 0 Å². The summed E-state index contributed by atoms with van der Waals surface area (Å²) in [4.78, 5) is 2.05. The van der Waals surface area contributed by atoms with Crippen molar-refractivity contribution >= 4 is 0 Å². The Morgan fingerprint density at radius 1 is 1.12 bits per heavy atom. The van der Waals surface area contributed by atoms with E-state index in [1.807, 2.05) is 0 Å². The van der Waals surface area contributed by atoms with Gasteiger partial charge in [0.1, 0.15) is 0 Å². The number of rotatable bonds is 3. The predicted molar refractivity (Wildman–Crippen MR) is 58.5 cm³/mol. The molecule has 0 radical (unpaired) electrons. The molecule has 2 unspecified atom stereocenters. The fourth-order valence-corrected chi connectivity index (χ4v) is 3.13. The summed E-state index contributed by atoms with van der Waals surface area (Å²) < 4.78 is 38.5. The topological polar surface area (TPSA) is 23.5 Å². The molecule has 1 N–H and O–H groups in total. The Morgan fingerprint density at radius 2 is 1.76 bits per heavy atom. The molecular formula is C12H20F3NO. The van der Waals surface area contributed by atoms with Crippen molar-refractivity contribution < 1.29 is 18.3 Å². The van der Waals surface area contributed by atoms with Crippen LogP contribution >= 0.6 is 0 Å². The third-order valence-corrected chi connectivity index (χ3v) is 4.11. The Labute approximate surface area is 99.8 Å². The fraction of sp³-hybridized carbons (Fsp3) is 1.00. The number of halogens is 3. The van der Waals surface area contributed by atoms with Gasteiger partial charge in [-0.05, 0) is 18.8 Å². The van der Waals surface area contributed by atoms with E-state index in [4.69, 9.17) is 5.11 Å². The normalized spacial score (nSPS) is 32.5. The summed E-state index contributed by atoms with van der Waals surface area (Å²) in [5, 5.41) is 8.88. The molecule has 2 aliphatic rings. The highest BCUT2D eigenvalue weighted by atomic mass is 19.4. The van der Waals surface area contributed by atoms with Crippen molar-refractivity contribution in [2.45, 2.75) is 31.9 Å². The van der Waals surface area contributed by atoms with Crippen LogP contribution in [0.4, 0.5) is 13.2 Å². The van der Waals surface area contributed by atoms with Gasteiger partial charge in [-0.1, -0.05) is 12.8 Å². The minimum atomic E-state index is -4.04. The quantitative estimate of drug-likeness (QED) is 0.832. The Balaban J connectivity index is 1.85. The number of likely N-dealkylation sites (tertiary alicyclic amines) is 1. The molecule has 2 fully saturated rings. The van der Waals surface area contributed by atoms with Gasteiger partial charge in [0.15, 0.2) is 0 Å². The SMILES string of the molecule is OCC1CN(CC2CCCCC2C(F)(F)F)C1. The lowest BCUT2D eigenvalue weighted by atomic mass is 9.78. The first-order chi connectivity index (χ1) is 8.00. The molecule has 100 valence electrons. The maximum absolute atomic E-state index is 12.8. The van der Waals surface area contributed by atoms with Crippen LogP contribution in [-0.4, -0.2) is 42.4 Å². The predicted octanol–water partition coefficient (Wildman–Crippen LogP) is 2.28. The molecule has 2 nitrogen and oxygen atoms in total. The minimum absolute atomic E-state index is 0.157. The second kappa shape index (κ2) is 5.14. The van der Waals surface area contributed by atoms with Crippen LogP contribution in [0.15, 0.2) is 0 Å². The van der Waals surface area contributed by atoms with E-state index in [0.29, 0.717) is 25.8 Å². The van der Waals surface area contributed by atoms with Crippen LogP contribution in [0.3, 0.4) is 0 Å². The molecule has 5 heteroatoms. The van der Waals surface area contributed by atoms with Gasteiger partial charge >= 0.3 is 6.18 Å². The van der Waals surface area contributed by atoms with Crippen LogP contribution in [0, 0.1) is 17.8 Å². The zero-order chi connectivity index (χ0) is 12.5. The van der Waals surface area contributed by atoms with Gasteiger partial charge in [-0.15, -0.1) is 0 Å². The van der Waals surface area contributed by atoms with E-state index < -0.39 is 12.1 Å². The summed E-state index contributed by atoms with van der Waals surface area (Å²) in [7, 11) is 0. The lowest BCUT2D eigenvalue weighted by Crippen LogP contribution is -2.52. The minimum Gasteiger partial charge on any atom is -0.396 e. The zero-order valence-electron chi connectivity index (χ0n) is 9.92. The Morgan fingerprint density at radius 3 is 2.35 bits per heavy atom. The molecule has 0 spiro atoms. The van der Waals surface area contributed by atoms with Crippen molar-refractivity contribution in [1.82, 2.24) is 4.90 Å². The van der Waals surface area contributed by atoms with Crippen LogP contribution in [-0.2, 0) is 0 Å². The van der Waals surface area contributed by atoms with Crippen molar-refractivity contribution in [2.24, 2.45) is 17.8 Å². The molecular weight excluding hydrogens is 231 g/mol. The molecule has 1 aliphatic carbocycles. The number of alkyl halides is 3. The summed E-state index contributed by atoms with van der Waals surface area (Å²) >= 11 is 0. The number of aliphatic hydroxyl groups is 1. The third kappa shape index (κ3) is 3.13. The highest BCUT2D eigenvalue weighted by molar-refractivity contribution is 4.87. The number of hydrogen-bond acceptors (Lipinski definition) is 2. The van der Waals surface area contributed by atoms with Gasteiger partial charge in [-0.2, -0.15) is 13.2 Å². The van der Waals surface area contributed by atoms with Crippen molar-refractivity contribution in [1.29, 1.82) is 0 Å². The standard InChI is InChI=1S/C12H20F3NO/c13-12(14,15)11-4-2-1-3-10(11)7-16-5-9(6-16)8-17/h9-11,17H,1-8H2. The largest absolute Gasteiger partial charge is 0.396 e. The summed E-state index contributed by atoms with van der Waals surface area (Å²) in [5.41, 5.74) is 0. The third-order valence-electron chi connectivity index (χ3n) is 4.11. The van der Waals surface area contributed by atoms with Gasteiger partial charge in [0.05, 0.1) is 5.92 Å². The lowest BCUT2D eigenvalue weighted by molar-refractivity contribution is -0.199. The van der Waals surface area contributed by atoms with E-state index in [0.717, 1.165) is 19.5 Å². The molecule has 2 atom stereocenters.